The van der Waals surface area contributed by atoms with E-state index in [9.17, 15) is 0 Å². The normalized spacial score (nSPS) is 17.4. The monoisotopic (exact) mass is 296 g/mol. The van der Waals surface area contributed by atoms with Crippen molar-refractivity contribution in [3.05, 3.63) is 48.3 Å². The summed E-state index contributed by atoms with van der Waals surface area (Å²) >= 11 is 0. The maximum Gasteiger partial charge on any atom is 0.257 e. The molecular weight excluding hydrogens is 280 g/mol. The minimum absolute atomic E-state index is 0.355. The van der Waals surface area contributed by atoms with E-state index in [0.717, 1.165) is 30.8 Å². The van der Waals surface area contributed by atoms with E-state index in [-0.39, 0.29) is 0 Å². The number of fused-ring (bicyclic) bond motifs is 1. The molecule has 0 bridgehead atoms. The van der Waals surface area contributed by atoms with Crippen LogP contribution >= 0.6 is 0 Å². The van der Waals surface area contributed by atoms with Crippen LogP contribution in [0.3, 0.4) is 0 Å². The number of hydrogen-bond acceptors (Lipinski definition) is 6. The fourth-order valence-electron chi connectivity index (χ4n) is 2.66. The molecule has 22 heavy (non-hydrogen) atoms. The predicted molar refractivity (Wildman–Crippen MR) is 78.7 cm³/mol. The lowest BCUT2D eigenvalue weighted by Crippen LogP contribution is -2.37. The molecule has 112 valence electrons. The summed E-state index contributed by atoms with van der Waals surface area (Å²) in [4.78, 5) is 8.65. The summed E-state index contributed by atoms with van der Waals surface area (Å²) in [7, 11) is 0. The molecule has 0 amide bonds. The first kappa shape index (κ1) is 13.1. The van der Waals surface area contributed by atoms with Crippen molar-refractivity contribution in [2.75, 3.05) is 0 Å². The average Bonchev–Trinajstić information content (AvgIpc) is 3.22. The third kappa shape index (κ3) is 2.62. The van der Waals surface area contributed by atoms with Crippen LogP contribution in [0, 0.1) is 0 Å². The average molecular weight is 296 g/mol. The van der Waals surface area contributed by atoms with Gasteiger partial charge in [-0.25, -0.2) is 9.67 Å². The molecular formula is C15H16N6O. The molecule has 1 atom stereocenters. The lowest BCUT2D eigenvalue weighted by molar-refractivity contribution is 0.350. The number of aromatic nitrogens is 5. The molecule has 1 unspecified atom stereocenters. The number of aryl methyl sites for hydroxylation is 1. The van der Waals surface area contributed by atoms with Crippen LogP contribution < -0.4 is 5.32 Å². The van der Waals surface area contributed by atoms with Gasteiger partial charge in [0.15, 0.2) is 5.82 Å². The molecule has 7 heteroatoms. The SMILES string of the molecule is c1ccc(-c2nc(CNC3CCc4ncnn4C3)no2)cc1. The van der Waals surface area contributed by atoms with E-state index in [1.54, 1.807) is 6.33 Å². The van der Waals surface area contributed by atoms with Gasteiger partial charge in [-0.2, -0.15) is 10.1 Å². The van der Waals surface area contributed by atoms with Gasteiger partial charge in [-0.05, 0) is 18.6 Å². The maximum absolute atomic E-state index is 5.31. The van der Waals surface area contributed by atoms with Gasteiger partial charge < -0.3 is 9.84 Å². The van der Waals surface area contributed by atoms with Gasteiger partial charge in [-0.15, -0.1) is 0 Å². The number of benzene rings is 1. The van der Waals surface area contributed by atoms with Gasteiger partial charge in [-0.1, -0.05) is 23.4 Å². The van der Waals surface area contributed by atoms with Crippen molar-refractivity contribution < 1.29 is 4.52 Å². The zero-order valence-corrected chi connectivity index (χ0v) is 12.0. The highest BCUT2D eigenvalue weighted by molar-refractivity contribution is 5.51. The molecule has 1 N–H and O–H groups in total. The summed E-state index contributed by atoms with van der Waals surface area (Å²) in [5, 5.41) is 11.7. The summed E-state index contributed by atoms with van der Waals surface area (Å²) in [6.45, 7) is 1.42. The van der Waals surface area contributed by atoms with E-state index in [4.69, 9.17) is 4.52 Å². The number of hydrogen-bond donors (Lipinski definition) is 1. The van der Waals surface area contributed by atoms with Crippen molar-refractivity contribution in [2.45, 2.75) is 32.0 Å². The highest BCUT2D eigenvalue weighted by atomic mass is 16.5. The van der Waals surface area contributed by atoms with Crippen molar-refractivity contribution in [3.8, 4) is 11.5 Å². The Labute approximate surface area is 127 Å². The second kappa shape index (κ2) is 5.69. The van der Waals surface area contributed by atoms with Gasteiger partial charge in [0.25, 0.3) is 5.89 Å². The van der Waals surface area contributed by atoms with Crippen molar-refractivity contribution in [1.29, 1.82) is 0 Å². The van der Waals surface area contributed by atoms with Gasteiger partial charge in [0, 0.05) is 18.0 Å². The van der Waals surface area contributed by atoms with Crippen molar-refractivity contribution in [1.82, 2.24) is 30.2 Å². The fourth-order valence-corrected chi connectivity index (χ4v) is 2.66. The minimum atomic E-state index is 0.355. The van der Waals surface area contributed by atoms with Crippen LogP contribution in [-0.4, -0.2) is 30.9 Å². The zero-order valence-electron chi connectivity index (χ0n) is 12.0. The highest BCUT2D eigenvalue weighted by Gasteiger charge is 2.20. The van der Waals surface area contributed by atoms with Gasteiger partial charge in [0.05, 0.1) is 13.1 Å². The Hall–Kier alpha value is -2.54. The van der Waals surface area contributed by atoms with Crippen LogP contribution in [0.5, 0.6) is 0 Å². The van der Waals surface area contributed by atoms with Crippen LogP contribution in [0.4, 0.5) is 0 Å². The second-order valence-corrected chi connectivity index (χ2v) is 5.36. The first-order valence-electron chi connectivity index (χ1n) is 7.36. The molecule has 3 aromatic rings. The molecule has 1 aromatic carbocycles. The van der Waals surface area contributed by atoms with E-state index in [1.165, 1.54) is 0 Å². The lowest BCUT2D eigenvalue weighted by atomic mass is 10.1. The topological polar surface area (TPSA) is 81.7 Å². The Morgan fingerprint density at radius 3 is 3.09 bits per heavy atom. The first-order chi connectivity index (χ1) is 10.9. The third-order valence-corrected chi connectivity index (χ3v) is 3.84. The molecule has 0 radical (unpaired) electrons. The molecule has 2 aromatic heterocycles. The molecule has 0 saturated heterocycles. The smallest absolute Gasteiger partial charge is 0.257 e. The summed E-state index contributed by atoms with van der Waals surface area (Å²) in [5.74, 6) is 2.28. The van der Waals surface area contributed by atoms with Gasteiger partial charge in [0.1, 0.15) is 12.2 Å². The van der Waals surface area contributed by atoms with Gasteiger partial charge in [0.2, 0.25) is 0 Å². The Morgan fingerprint density at radius 1 is 1.27 bits per heavy atom. The standard InChI is InChI=1S/C15H16N6O/c1-2-4-11(5-3-1)15-19-13(20-22-15)8-16-12-6-7-14-17-10-18-21(14)9-12/h1-5,10,12,16H,6-9H2. The van der Waals surface area contributed by atoms with E-state index in [1.807, 2.05) is 35.0 Å². The van der Waals surface area contributed by atoms with E-state index in [0.29, 0.717) is 24.3 Å². The number of nitrogens with zero attached hydrogens (tertiary/aromatic N) is 5. The molecule has 0 saturated carbocycles. The van der Waals surface area contributed by atoms with Crippen LogP contribution in [0.1, 0.15) is 18.1 Å². The number of nitrogens with one attached hydrogen (secondary N) is 1. The summed E-state index contributed by atoms with van der Waals surface area (Å²) < 4.78 is 7.26. The fraction of sp³-hybridized carbons (Fsp3) is 0.333. The molecule has 0 fully saturated rings. The quantitative estimate of drug-likeness (QED) is 0.784. The zero-order chi connectivity index (χ0) is 14.8. The summed E-state index contributed by atoms with van der Waals surface area (Å²) in [6.07, 6.45) is 3.60. The van der Waals surface area contributed by atoms with E-state index < -0.39 is 0 Å². The summed E-state index contributed by atoms with van der Waals surface area (Å²) in [6, 6.07) is 10.1. The Bertz CT molecular complexity index is 750. The molecule has 0 spiro atoms. The van der Waals surface area contributed by atoms with Crippen LogP contribution in [0.25, 0.3) is 11.5 Å². The molecule has 3 heterocycles. The van der Waals surface area contributed by atoms with Crippen LogP contribution in [0.2, 0.25) is 0 Å². The van der Waals surface area contributed by atoms with Crippen LogP contribution in [0.15, 0.2) is 41.2 Å². The Balaban J connectivity index is 1.38. The first-order valence-corrected chi connectivity index (χ1v) is 7.36. The third-order valence-electron chi connectivity index (χ3n) is 3.84. The summed E-state index contributed by atoms with van der Waals surface area (Å²) in [5.41, 5.74) is 0.936. The molecule has 0 aliphatic carbocycles. The van der Waals surface area contributed by atoms with Crippen molar-refractivity contribution >= 4 is 0 Å². The Kier molecular flexibility index (Phi) is 3.40. The van der Waals surface area contributed by atoms with Crippen molar-refractivity contribution in [2.24, 2.45) is 0 Å². The lowest BCUT2D eigenvalue weighted by Gasteiger charge is -2.22. The van der Waals surface area contributed by atoms with Crippen molar-refractivity contribution in [3.63, 3.8) is 0 Å². The second-order valence-electron chi connectivity index (χ2n) is 5.36. The molecule has 1 aliphatic heterocycles. The maximum atomic E-state index is 5.31. The van der Waals surface area contributed by atoms with Gasteiger partial charge >= 0.3 is 0 Å². The van der Waals surface area contributed by atoms with Crippen LogP contribution in [-0.2, 0) is 19.5 Å². The van der Waals surface area contributed by atoms with Gasteiger partial charge in [-0.3, -0.25) is 0 Å². The predicted octanol–water partition coefficient (Wildman–Crippen LogP) is 1.43. The largest absolute Gasteiger partial charge is 0.334 e. The molecule has 1 aliphatic rings. The van der Waals surface area contributed by atoms with E-state index >= 15 is 0 Å². The molecule has 4 rings (SSSR count). The minimum Gasteiger partial charge on any atom is -0.334 e. The number of rotatable bonds is 4. The van der Waals surface area contributed by atoms with E-state index in [2.05, 4.69) is 25.5 Å². The highest BCUT2D eigenvalue weighted by Crippen LogP contribution is 2.16. The molecule has 7 nitrogen and oxygen atoms in total. The Morgan fingerprint density at radius 2 is 2.18 bits per heavy atom.